The molecule has 0 spiro atoms. The zero-order valence-electron chi connectivity index (χ0n) is 12.9. The van der Waals surface area contributed by atoms with Crippen LogP contribution in [0.15, 0.2) is 18.5 Å². The van der Waals surface area contributed by atoms with Crippen LogP contribution in [0.25, 0.3) is 0 Å². The van der Waals surface area contributed by atoms with E-state index in [4.69, 9.17) is 0 Å². The molecule has 1 aliphatic rings. The predicted octanol–water partition coefficient (Wildman–Crippen LogP) is 0.116. The molecule has 0 radical (unpaired) electrons. The van der Waals surface area contributed by atoms with Gasteiger partial charge in [0.15, 0.2) is 0 Å². The maximum Gasteiger partial charge on any atom is 0.253 e. The minimum absolute atomic E-state index is 0.0312. The summed E-state index contributed by atoms with van der Waals surface area (Å²) in [5, 5.41) is 14.8. The fourth-order valence-electron chi connectivity index (χ4n) is 2.76. The Morgan fingerprint density at radius 1 is 1.36 bits per heavy atom. The fourth-order valence-corrected chi connectivity index (χ4v) is 2.76. The highest BCUT2D eigenvalue weighted by molar-refractivity contribution is 5.94. The Bertz CT molecular complexity index is 549. The Labute approximate surface area is 129 Å². The molecule has 1 aromatic rings. The van der Waals surface area contributed by atoms with Crippen LogP contribution in [0.5, 0.6) is 5.75 Å². The summed E-state index contributed by atoms with van der Waals surface area (Å²) in [7, 11) is 3.62. The number of hydrogen-bond donors (Lipinski definition) is 3. The van der Waals surface area contributed by atoms with Gasteiger partial charge in [-0.2, -0.15) is 0 Å². The number of carbonyl (C=O) groups is 2. The summed E-state index contributed by atoms with van der Waals surface area (Å²) in [4.78, 5) is 29.4. The van der Waals surface area contributed by atoms with E-state index in [1.165, 1.54) is 18.5 Å². The summed E-state index contributed by atoms with van der Waals surface area (Å²) in [5.74, 6) is -0.254. The first-order valence-corrected chi connectivity index (χ1v) is 7.36. The van der Waals surface area contributed by atoms with Crippen molar-refractivity contribution in [1.29, 1.82) is 0 Å². The van der Waals surface area contributed by atoms with Gasteiger partial charge < -0.3 is 15.7 Å². The first-order valence-electron chi connectivity index (χ1n) is 7.36. The van der Waals surface area contributed by atoms with Crippen molar-refractivity contribution in [2.24, 2.45) is 0 Å². The maximum atomic E-state index is 12.0. The van der Waals surface area contributed by atoms with Crippen molar-refractivity contribution in [2.45, 2.75) is 31.3 Å². The number of aromatic hydroxyl groups is 1. The van der Waals surface area contributed by atoms with Crippen molar-refractivity contribution in [3.8, 4) is 5.75 Å². The molecule has 2 atom stereocenters. The number of pyridine rings is 1. The predicted molar refractivity (Wildman–Crippen MR) is 81.5 cm³/mol. The minimum atomic E-state index is -0.258. The third-order valence-electron chi connectivity index (χ3n) is 4.17. The SMILES string of the molecule is CNC(=O)C[C@H]1CC[C@@H](CNC(=O)c2cncc(O)c2)N1C. The van der Waals surface area contributed by atoms with E-state index in [0.717, 1.165) is 12.8 Å². The van der Waals surface area contributed by atoms with Crippen LogP contribution in [0.1, 0.15) is 29.6 Å². The van der Waals surface area contributed by atoms with Crippen molar-refractivity contribution < 1.29 is 14.7 Å². The third-order valence-corrected chi connectivity index (χ3v) is 4.17. The average Bonchev–Trinajstić information content (AvgIpc) is 2.85. The molecule has 0 bridgehead atoms. The first-order chi connectivity index (χ1) is 10.5. The molecule has 2 amide bonds. The molecule has 7 nitrogen and oxygen atoms in total. The van der Waals surface area contributed by atoms with Crippen molar-refractivity contribution >= 4 is 11.8 Å². The molecule has 1 fully saturated rings. The van der Waals surface area contributed by atoms with E-state index in [0.29, 0.717) is 18.5 Å². The smallest absolute Gasteiger partial charge is 0.253 e. The molecule has 22 heavy (non-hydrogen) atoms. The van der Waals surface area contributed by atoms with Gasteiger partial charge in [0.05, 0.1) is 11.8 Å². The number of aromatic nitrogens is 1. The van der Waals surface area contributed by atoms with E-state index in [-0.39, 0.29) is 29.6 Å². The van der Waals surface area contributed by atoms with Gasteiger partial charge in [0.1, 0.15) is 5.75 Å². The van der Waals surface area contributed by atoms with Gasteiger partial charge in [0.2, 0.25) is 5.91 Å². The topological polar surface area (TPSA) is 94.6 Å². The molecule has 1 aromatic heterocycles. The van der Waals surface area contributed by atoms with Crippen molar-refractivity contribution in [1.82, 2.24) is 20.5 Å². The molecule has 1 saturated heterocycles. The highest BCUT2D eigenvalue weighted by atomic mass is 16.3. The lowest BCUT2D eigenvalue weighted by atomic mass is 10.1. The van der Waals surface area contributed by atoms with E-state index in [9.17, 15) is 14.7 Å². The van der Waals surface area contributed by atoms with Crippen molar-refractivity contribution in [3.63, 3.8) is 0 Å². The van der Waals surface area contributed by atoms with Crippen molar-refractivity contribution in [2.75, 3.05) is 20.6 Å². The van der Waals surface area contributed by atoms with E-state index in [2.05, 4.69) is 20.5 Å². The summed E-state index contributed by atoms with van der Waals surface area (Å²) >= 11 is 0. The Morgan fingerprint density at radius 2 is 2.09 bits per heavy atom. The van der Waals surface area contributed by atoms with Crippen LogP contribution in [0.3, 0.4) is 0 Å². The number of likely N-dealkylation sites (N-methyl/N-ethyl adjacent to an activating group) is 1. The van der Waals surface area contributed by atoms with E-state index >= 15 is 0 Å². The zero-order valence-corrected chi connectivity index (χ0v) is 12.9. The molecule has 0 aromatic carbocycles. The lowest BCUT2D eigenvalue weighted by Gasteiger charge is -2.25. The second kappa shape index (κ2) is 7.22. The summed E-state index contributed by atoms with van der Waals surface area (Å²) in [6, 6.07) is 1.81. The molecule has 2 heterocycles. The van der Waals surface area contributed by atoms with Gasteiger partial charge in [0, 0.05) is 38.3 Å². The second-order valence-electron chi connectivity index (χ2n) is 5.57. The summed E-state index contributed by atoms with van der Waals surface area (Å²) in [6.45, 7) is 0.509. The zero-order chi connectivity index (χ0) is 16.1. The van der Waals surface area contributed by atoms with Gasteiger partial charge >= 0.3 is 0 Å². The first kappa shape index (κ1) is 16.2. The van der Waals surface area contributed by atoms with Gasteiger partial charge in [0.25, 0.3) is 5.91 Å². The van der Waals surface area contributed by atoms with Crippen LogP contribution >= 0.6 is 0 Å². The molecule has 2 rings (SSSR count). The summed E-state index contributed by atoms with van der Waals surface area (Å²) in [6.07, 6.45) is 5.06. The molecule has 7 heteroatoms. The molecule has 0 aliphatic carbocycles. The van der Waals surface area contributed by atoms with Gasteiger partial charge in [-0.05, 0) is 26.0 Å². The average molecular weight is 306 g/mol. The highest BCUT2D eigenvalue weighted by Crippen LogP contribution is 2.24. The summed E-state index contributed by atoms with van der Waals surface area (Å²) < 4.78 is 0. The normalized spacial score (nSPS) is 21.5. The standard InChI is InChI=1S/C15H22N4O3/c1-16-14(21)6-11-3-4-12(19(11)2)8-18-15(22)10-5-13(20)9-17-7-10/h5,7,9,11-12,20H,3-4,6,8H2,1-2H3,(H,16,21)(H,18,22)/t11-,12+/m1/s1. The molecular formula is C15H22N4O3. The van der Waals surface area contributed by atoms with E-state index in [1.54, 1.807) is 7.05 Å². The number of nitrogens with zero attached hydrogens (tertiary/aromatic N) is 2. The van der Waals surface area contributed by atoms with E-state index < -0.39 is 0 Å². The van der Waals surface area contributed by atoms with Crippen molar-refractivity contribution in [3.05, 3.63) is 24.0 Å². The van der Waals surface area contributed by atoms with Crippen LogP contribution in [0, 0.1) is 0 Å². The van der Waals surface area contributed by atoms with Gasteiger partial charge in [-0.15, -0.1) is 0 Å². The number of rotatable bonds is 5. The number of likely N-dealkylation sites (tertiary alicyclic amines) is 1. The number of hydrogen-bond acceptors (Lipinski definition) is 5. The Balaban J connectivity index is 1.84. The van der Waals surface area contributed by atoms with E-state index in [1.807, 2.05) is 7.05 Å². The van der Waals surface area contributed by atoms with Crippen LogP contribution in [-0.4, -0.2) is 59.5 Å². The monoisotopic (exact) mass is 306 g/mol. The molecule has 120 valence electrons. The van der Waals surface area contributed by atoms with Crippen LogP contribution in [0.2, 0.25) is 0 Å². The highest BCUT2D eigenvalue weighted by Gasteiger charge is 2.31. The molecule has 3 N–H and O–H groups in total. The molecule has 0 saturated carbocycles. The molecular weight excluding hydrogens is 284 g/mol. The number of nitrogens with one attached hydrogen (secondary N) is 2. The Morgan fingerprint density at radius 3 is 2.77 bits per heavy atom. The van der Waals surface area contributed by atoms with Crippen LogP contribution in [0.4, 0.5) is 0 Å². The fraction of sp³-hybridized carbons (Fsp3) is 0.533. The number of amides is 2. The quantitative estimate of drug-likeness (QED) is 0.718. The molecule has 1 aliphatic heterocycles. The minimum Gasteiger partial charge on any atom is -0.506 e. The molecule has 0 unspecified atom stereocenters. The Kier molecular flexibility index (Phi) is 5.32. The lowest BCUT2D eigenvalue weighted by Crippen LogP contribution is -2.42. The lowest BCUT2D eigenvalue weighted by molar-refractivity contribution is -0.121. The number of carbonyl (C=O) groups excluding carboxylic acids is 2. The van der Waals surface area contributed by atoms with Gasteiger partial charge in [-0.25, -0.2) is 0 Å². The third kappa shape index (κ3) is 3.94. The largest absolute Gasteiger partial charge is 0.506 e. The second-order valence-corrected chi connectivity index (χ2v) is 5.57. The van der Waals surface area contributed by atoms with Crippen LogP contribution < -0.4 is 10.6 Å². The maximum absolute atomic E-state index is 12.0. The van der Waals surface area contributed by atoms with Crippen LogP contribution in [-0.2, 0) is 4.79 Å². The van der Waals surface area contributed by atoms with Gasteiger partial charge in [-0.3, -0.25) is 19.5 Å². The summed E-state index contributed by atoms with van der Waals surface area (Å²) in [5.41, 5.74) is 0.336. The Hall–Kier alpha value is -2.15. The van der Waals surface area contributed by atoms with Gasteiger partial charge in [-0.1, -0.05) is 0 Å².